The van der Waals surface area contributed by atoms with E-state index in [4.69, 9.17) is 15.0 Å². The number of nitrogens with two attached hydrogens (primary N) is 1. The molecule has 1 aliphatic rings. The van der Waals surface area contributed by atoms with Crippen molar-refractivity contribution in [1.29, 1.82) is 0 Å². The van der Waals surface area contributed by atoms with Gasteiger partial charge in [0.05, 0.1) is 16.9 Å². The van der Waals surface area contributed by atoms with Crippen LogP contribution in [0.25, 0.3) is 6.08 Å². The topological polar surface area (TPSA) is 57.4 Å². The van der Waals surface area contributed by atoms with E-state index in [1.54, 1.807) is 0 Å². The van der Waals surface area contributed by atoms with Gasteiger partial charge in [-0.2, -0.15) is 0 Å². The first-order valence-electron chi connectivity index (χ1n) is 7.36. The Morgan fingerprint density at radius 3 is 2.29 bits per heavy atom. The largest absolute Gasteiger partial charge is 0.491 e. The summed E-state index contributed by atoms with van der Waals surface area (Å²) in [7, 11) is -0.414. The Morgan fingerprint density at radius 1 is 1.24 bits per heavy atom. The molecule has 0 bridgehead atoms. The second-order valence-electron chi connectivity index (χ2n) is 6.73. The standard InChI is InChI=1S/C16H25BN2O2/c1-11-7-12(2)14(19-10-11)8-13(9-18)17-20-15(3,4)16(5,6)21-17/h7-8,10H,9,18H2,1-6H3. The van der Waals surface area contributed by atoms with E-state index >= 15 is 0 Å². The van der Waals surface area contributed by atoms with Crippen LogP contribution in [0.2, 0.25) is 0 Å². The molecule has 1 fully saturated rings. The molecule has 2 N–H and O–H groups in total. The summed E-state index contributed by atoms with van der Waals surface area (Å²) in [5, 5.41) is 0. The van der Waals surface area contributed by atoms with Crippen LogP contribution in [0.4, 0.5) is 0 Å². The predicted molar refractivity (Wildman–Crippen MR) is 86.8 cm³/mol. The van der Waals surface area contributed by atoms with Crippen molar-refractivity contribution in [2.75, 3.05) is 6.54 Å². The molecule has 0 spiro atoms. The van der Waals surface area contributed by atoms with Gasteiger partial charge in [0.25, 0.3) is 0 Å². The number of nitrogens with zero attached hydrogens (tertiary/aromatic N) is 1. The summed E-state index contributed by atoms with van der Waals surface area (Å²) in [6.07, 6.45) is 3.84. The van der Waals surface area contributed by atoms with Crippen molar-refractivity contribution in [3.05, 3.63) is 34.6 Å². The second kappa shape index (κ2) is 5.56. The monoisotopic (exact) mass is 288 g/mol. The van der Waals surface area contributed by atoms with Gasteiger partial charge in [-0.1, -0.05) is 6.07 Å². The third kappa shape index (κ3) is 3.20. The minimum absolute atomic E-state index is 0.359. The summed E-state index contributed by atoms with van der Waals surface area (Å²) in [5.41, 5.74) is 9.28. The van der Waals surface area contributed by atoms with E-state index in [-0.39, 0.29) is 11.2 Å². The van der Waals surface area contributed by atoms with E-state index in [0.29, 0.717) is 6.54 Å². The molecule has 1 aromatic rings. The SMILES string of the molecule is Cc1cnc(C=C(CN)B2OC(C)(C)C(C)(C)O2)c(C)c1. The Labute approximate surface area is 127 Å². The van der Waals surface area contributed by atoms with Gasteiger partial charge < -0.3 is 15.0 Å². The van der Waals surface area contributed by atoms with Gasteiger partial charge in [-0.25, -0.2) is 0 Å². The zero-order valence-electron chi connectivity index (χ0n) is 13.9. The fourth-order valence-corrected chi connectivity index (χ4v) is 2.27. The van der Waals surface area contributed by atoms with E-state index in [9.17, 15) is 0 Å². The van der Waals surface area contributed by atoms with Gasteiger partial charge in [0, 0.05) is 12.7 Å². The number of hydrogen-bond donors (Lipinski definition) is 1. The predicted octanol–water partition coefficient (Wildman–Crippen LogP) is 2.67. The molecule has 0 aliphatic carbocycles. The van der Waals surface area contributed by atoms with Gasteiger partial charge in [0.1, 0.15) is 0 Å². The summed E-state index contributed by atoms with van der Waals surface area (Å²) >= 11 is 0. The maximum atomic E-state index is 6.05. The van der Waals surface area contributed by atoms with Crippen molar-refractivity contribution < 1.29 is 9.31 Å². The average Bonchev–Trinajstić information content (AvgIpc) is 2.57. The second-order valence-corrected chi connectivity index (χ2v) is 6.73. The third-order valence-electron chi connectivity index (χ3n) is 4.37. The first-order valence-corrected chi connectivity index (χ1v) is 7.36. The molecule has 21 heavy (non-hydrogen) atoms. The molecule has 0 unspecified atom stereocenters. The van der Waals surface area contributed by atoms with Crippen molar-refractivity contribution in [2.24, 2.45) is 5.73 Å². The van der Waals surface area contributed by atoms with E-state index in [0.717, 1.165) is 22.3 Å². The van der Waals surface area contributed by atoms with Gasteiger partial charge in [-0.3, -0.25) is 4.98 Å². The quantitative estimate of drug-likeness (QED) is 0.869. The lowest BCUT2D eigenvalue weighted by molar-refractivity contribution is 0.00578. The van der Waals surface area contributed by atoms with Crippen LogP contribution < -0.4 is 5.73 Å². The van der Waals surface area contributed by atoms with Gasteiger partial charge in [-0.05, 0) is 64.2 Å². The van der Waals surface area contributed by atoms with Gasteiger partial charge in [-0.15, -0.1) is 0 Å². The summed E-state index contributed by atoms with van der Waals surface area (Å²) < 4.78 is 12.1. The molecule has 0 amide bonds. The maximum Gasteiger partial charge on any atom is 0.491 e. The van der Waals surface area contributed by atoms with E-state index < -0.39 is 7.12 Å². The molecule has 0 radical (unpaired) electrons. The van der Waals surface area contributed by atoms with Crippen LogP contribution in [0.3, 0.4) is 0 Å². The van der Waals surface area contributed by atoms with Crippen molar-refractivity contribution in [1.82, 2.24) is 4.98 Å². The Hall–Kier alpha value is -1.17. The Bertz CT molecular complexity index is 551. The van der Waals surface area contributed by atoms with Crippen LogP contribution in [-0.2, 0) is 9.31 Å². The molecular formula is C16H25BN2O2. The first-order chi connectivity index (χ1) is 9.66. The average molecular weight is 288 g/mol. The highest BCUT2D eigenvalue weighted by atomic mass is 16.7. The van der Waals surface area contributed by atoms with Crippen LogP contribution in [0.15, 0.2) is 17.7 Å². The van der Waals surface area contributed by atoms with Gasteiger partial charge in [0.15, 0.2) is 0 Å². The van der Waals surface area contributed by atoms with Crippen molar-refractivity contribution >= 4 is 13.2 Å². The summed E-state index contributed by atoms with van der Waals surface area (Å²) in [5.74, 6) is 0. The Kier molecular flexibility index (Phi) is 4.29. The van der Waals surface area contributed by atoms with E-state index in [2.05, 4.69) is 11.1 Å². The summed E-state index contributed by atoms with van der Waals surface area (Å²) in [6.45, 7) is 12.6. The number of aryl methyl sites for hydroxylation is 2. The van der Waals surface area contributed by atoms with Crippen molar-refractivity contribution in [2.45, 2.75) is 52.7 Å². The maximum absolute atomic E-state index is 6.05. The molecule has 114 valence electrons. The highest BCUT2D eigenvalue weighted by Crippen LogP contribution is 2.38. The molecule has 2 heterocycles. The number of pyridine rings is 1. The normalized spacial score (nSPS) is 20.9. The lowest BCUT2D eigenvalue weighted by Crippen LogP contribution is -2.41. The summed E-state index contributed by atoms with van der Waals surface area (Å²) in [4.78, 5) is 4.47. The van der Waals surface area contributed by atoms with Gasteiger partial charge in [0.2, 0.25) is 0 Å². The highest BCUT2D eigenvalue weighted by Gasteiger charge is 2.52. The zero-order chi connectivity index (χ0) is 15.8. The summed E-state index contributed by atoms with van der Waals surface area (Å²) in [6, 6.07) is 2.11. The number of aromatic nitrogens is 1. The fraction of sp³-hybridized carbons (Fsp3) is 0.562. The molecule has 4 nitrogen and oxygen atoms in total. The van der Waals surface area contributed by atoms with Gasteiger partial charge >= 0.3 is 7.12 Å². The molecule has 1 aliphatic heterocycles. The molecule has 1 saturated heterocycles. The van der Waals surface area contributed by atoms with Crippen LogP contribution in [0.1, 0.15) is 44.5 Å². The molecule has 0 atom stereocenters. The number of hydrogen-bond acceptors (Lipinski definition) is 4. The molecule has 0 aromatic carbocycles. The molecular weight excluding hydrogens is 263 g/mol. The molecule has 0 saturated carbocycles. The molecule has 2 rings (SSSR count). The highest BCUT2D eigenvalue weighted by molar-refractivity contribution is 6.55. The molecule has 1 aromatic heterocycles. The van der Waals surface area contributed by atoms with Crippen molar-refractivity contribution in [3.63, 3.8) is 0 Å². The number of rotatable bonds is 3. The van der Waals surface area contributed by atoms with Crippen molar-refractivity contribution in [3.8, 4) is 0 Å². The molecule has 5 heteroatoms. The lowest BCUT2D eigenvalue weighted by Gasteiger charge is -2.32. The van der Waals surface area contributed by atoms with Crippen LogP contribution in [0.5, 0.6) is 0 Å². The fourth-order valence-electron chi connectivity index (χ4n) is 2.27. The Morgan fingerprint density at radius 2 is 1.81 bits per heavy atom. The van der Waals surface area contributed by atoms with Crippen LogP contribution in [-0.4, -0.2) is 29.8 Å². The van der Waals surface area contributed by atoms with Crippen LogP contribution in [0, 0.1) is 13.8 Å². The third-order valence-corrected chi connectivity index (χ3v) is 4.37. The first kappa shape index (κ1) is 16.2. The smallest absolute Gasteiger partial charge is 0.400 e. The van der Waals surface area contributed by atoms with E-state index in [1.165, 1.54) is 0 Å². The minimum Gasteiger partial charge on any atom is -0.400 e. The minimum atomic E-state index is -0.414. The lowest BCUT2D eigenvalue weighted by atomic mass is 9.77. The zero-order valence-corrected chi connectivity index (χ0v) is 13.9. The Balaban J connectivity index is 2.31. The van der Waals surface area contributed by atoms with Crippen LogP contribution >= 0.6 is 0 Å². The van der Waals surface area contributed by atoms with E-state index in [1.807, 2.05) is 53.8 Å².